The maximum atomic E-state index is 13.3. The summed E-state index contributed by atoms with van der Waals surface area (Å²) in [5.41, 5.74) is 1.94. The molecule has 0 bridgehead atoms. The quantitative estimate of drug-likeness (QED) is 0.946. The monoisotopic (exact) mass is 315 g/mol. The first-order valence-electron chi connectivity index (χ1n) is 7.59. The predicted octanol–water partition coefficient (Wildman–Crippen LogP) is 3.21. The van der Waals surface area contributed by atoms with Gasteiger partial charge in [-0.1, -0.05) is 12.1 Å². The van der Waals surface area contributed by atoms with Gasteiger partial charge in [-0.2, -0.15) is 4.98 Å². The molecule has 2 amide bonds. The molecule has 6 heteroatoms. The normalized spacial score (nSPS) is 13.4. The second kappa shape index (κ2) is 6.64. The van der Waals surface area contributed by atoms with E-state index in [4.69, 9.17) is 4.74 Å². The molecule has 5 nitrogen and oxygen atoms in total. The minimum Gasteiger partial charge on any atom is -0.478 e. The van der Waals surface area contributed by atoms with Gasteiger partial charge >= 0.3 is 6.03 Å². The number of amides is 2. The highest BCUT2D eigenvalue weighted by molar-refractivity contribution is 5.88. The largest absolute Gasteiger partial charge is 0.478 e. The summed E-state index contributed by atoms with van der Waals surface area (Å²) in [7, 11) is 0. The van der Waals surface area contributed by atoms with E-state index in [1.807, 2.05) is 6.92 Å². The Bertz CT molecular complexity index is 721. The number of urea groups is 1. The summed E-state index contributed by atoms with van der Waals surface area (Å²) >= 11 is 0. The van der Waals surface area contributed by atoms with Crippen LogP contribution in [0.25, 0.3) is 0 Å². The fraction of sp³-hybridized carbons (Fsp3) is 0.294. The first kappa shape index (κ1) is 15.3. The van der Waals surface area contributed by atoms with Crippen LogP contribution in [0, 0.1) is 5.82 Å². The molecule has 1 aliphatic rings. The van der Waals surface area contributed by atoms with Gasteiger partial charge in [0.05, 0.1) is 6.61 Å². The zero-order valence-electron chi connectivity index (χ0n) is 12.9. The number of hydrogen-bond donors (Lipinski definition) is 1. The second-order valence-electron chi connectivity index (χ2n) is 5.31. The number of benzene rings is 1. The average molecular weight is 315 g/mol. The third kappa shape index (κ3) is 3.59. The second-order valence-corrected chi connectivity index (χ2v) is 5.31. The van der Waals surface area contributed by atoms with E-state index in [1.54, 1.807) is 29.2 Å². The molecule has 0 spiro atoms. The number of aromatic nitrogens is 1. The van der Waals surface area contributed by atoms with Crippen molar-refractivity contribution in [3.8, 4) is 5.88 Å². The van der Waals surface area contributed by atoms with Gasteiger partial charge in [-0.05, 0) is 42.7 Å². The molecule has 0 saturated carbocycles. The molecular weight excluding hydrogens is 297 g/mol. The number of nitrogens with one attached hydrogen (secondary N) is 1. The van der Waals surface area contributed by atoms with E-state index in [2.05, 4.69) is 10.3 Å². The van der Waals surface area contributed by atoms with Gasteiger partial charge in [-0.3, -0.25) is 5.32 Å². The van der Waals surface area contributed by atoms with Crippen LogP contribution in [0.15, 0.2) is 36.4 Å². The highest BCUT2D eigenvalue weighted by atomic mass is 19.1. The summed E-state index contributed by atoms with van der Waals surface area (Å²) in [4.78, 5) is 18.2. The van der Waals surface area contributed by atoms with E-state index in [-0.39, 0.29) is 11.8 Å². The standard InChI is InChI=1S/C17H18FN3O2/c1-2-23-16-5-3-4-15(19-16)20-17(22)21-9-8-12-6-7-14(18)10-13(12)11-21/h3-7,10H,2,8-9,11H2,1H3,(H,19,20,22). The van der Waals surface area contributed by atoms with Crippen molar-refractivity contribution in [3.63, 3.8) is 0 Å². The van der Waals surface area contributed by atoms with Gasteiger partial charge in [-0.15, -0.1) is 0 Å². The molecule has 0 radical (unpaired) electrons. The molecule has 0 unspecified atom stereocenters. The lowest BCUT2D eigenvalue weighted by Gasteiger charge is -2.28. The summed E-state index contributed by atoms with van der Waals surface area (Å²) in [6, 6.07) is 9.69. The number of nitrogens with zero attached hydrogens (tertiary/aromatic N) is 2. The van der Waals surface area contributed by atoms with Crippen LogP contribution in [0.5, 0.6) is 5.88 Å². The first-order chi connectivity index (χ1) is 11.2. The van der Waals surface area contributed by atoms with Crippen molar-refractivity contribution in [2.24, 2.45) is 0 Å². The third-order valence-corrected chi connectivity index (χ3v) is 3.72. The van der Waals surface area contributed by atoms with Crippen LogP contribution < -0.4 is 10.1 Å². The fourth-order valence-corrected chi connectivity index (χ4v) is 2.60. The Morgan fingerprint density at radius 3 is 3.04 bits per heavy atom. The number of carbonyl (C=O) groups is 1. The van der Waals surface area contributed by atoms with Gasteiger partial charge in [0.25, 0.3) is 0 Å². The number of anilines is 1. The third-order valence-electron chi connectivity index (χ3n) is 3.72. The minimum atomic E-state index is -0.280. The highest BCUT2D eigenvalue weighted by Gasteiger charge is 2.21. The Labute approximate surface area is 134 Å². The number of pyridine rings is 1. The van der Waals surface area contributed by atoms with Crippen LogP contribution >= 0.6 is 0 Å². The molecule has 0 atom stereocenters. The lowest BCUT2D eigenvalue weighted by molar-refractivity contribution is 0.206. The maximum Gasteiger partial charge on any atom is 0.323 e. The number of fused-ring (bicyclic) bond motifs is 1. The van der Waals surface area contributed by atoms with Crippen LogP contribution in [0.2, 0.25) is 0 Å². The van der Waals surface area contributed by atoms with E-state index in [9.17, 15) is 9.18 Å². The van der Waals surface area contributed by atoms with Crippen LogP contribution in [0.3, 0.4) is 0 Å². The molecule has 2 heterocycles. The van der Waals surface area contributed by atoms with Gasteiger partial charge in [0.2, 0.25) is 5.88 Å². The number of rotatable bonds is 3. The number of carbonyl (C=O) groups excluding carboxylic acids is 1. The average Bonchev–Trinajstić information content (AvgIpc) is 2.54. The molecule has 0 saturated heterocycles. The van der Waals surface area contributed by atoms with Gasteiger partial charge in [-0.25, -0.2) is 9.18 Å². The number of halogens is 1. The van der Waals surface area contributed by atoms with Crippen molar-refractivity contribution in [2.75, 3.05) is 18.5 Å². The molecule has 0 aliphatic carbocycles. The first-order valence-corrected chi connectivity index (χ1v) is 7.59. The number of hydrogen-bond acceptors (Lipinski definition) is 3. The lowest BCUT2D eigenvalue weighted by atomic mass is 10.00. The Balaban J connectivity index is 1.68. The Morgan fingerprint density at radius 1 is 1.35 bits per heavy atom. The van der Waals surface area contributed by atoms with Crippen molar-refractivity contribution in [2.45, 2.75) is 19.9 Å². The summed E-state index contributed by atoms with van der Waals surface area (Å²) in [6.45, 7) is 3.37. The highest BCUT2D eigenvalue weighted by Crippen LogP contribution is 2.21. The number of ether oxygens (including phenoxy) is 1. The van der Waals surface area contributed by atoms with Gasteiger partial charge in [0.1, 0.15) is 11.6 Å². The zero-order chi connectivity index (χ0) is 16.2. The van der Waals surface area contributed by atoms with Crippen molar-refractivity contribution in [3.05, 3.63) is 53.3 Å². The summed E-state index contributed by atoms with van der Waals surface area (Å²) in [5, 5.41) is 2.76. The zero-order valence-corrected chi connectivity index (χ0v) is 12.9. The smallest absolute Gasteiger partial charge is 0.323 e. The molecule has 23 heavy (non-hydrogen) atoms. The molecule has 2 aromatic rings. The minimum absolute atomic E-state index is 0.249. The predicted molar refractivity (Wildman–Crippen MR) is 84.9 cm³/mol. The Hall–Kier alpha value is -2.63. The fourth-order valence-electron chi connectivity index (χ4n) is 2.60. The topological polar surface area (TPSA) is 54.5 Å². The van der Waals surface area contributed by atoms with Crippen LogP contribution in [-0.4, -0.2) is 29.1 Å². The van der Waals surface area contributed by atoms with Crippen molar-refractivity contribution in [1.82, 2.24) is 9.88 Å². The molecule has 1 aliphatic heterocycles. The van der Waals surface area contributed by atoms with Gasteiger partial charge < -0.3 is 9.64 Å². The van der Waals surface area contributed by atoms with E-state index in [0.29, 0.717) is 31.4 Å². The lowest BCUT2D eigenvalue weighted by Crippen LogP contribution is -2.39. The van der Waals surface area contributed by atoms with E-state index < -0.39 is 0 Å². The van der Waals surface area contributed by atoms with E-state index >= 15 is 0 Å². The van der Waals surface area contributed by atoms with Gasteiger partial charge in [0.15, 0.2) is 0 Å². The van der Waals surface area contributed by atoms with Gasteiger partial charge in [0, 0.05) is 19.2 Å². The van der Waals surface area contributed by atoms with Crippen molar-refractivity contribution < 1.29 is 13.9 Å². The molecule has 0 fully saturated rings. The molecular formula is C17H18FN3O2. The summed E-state index contributed by atoms with van der Waals surface area (Å²) in [6.07, 6.45) is 0.718. The van der Waals surface area contributed by atoms with Crippen LogP contribution in [-0.2, 0) is 13.0 Å². The molecule has 120 valence electrons. The molecule has 1 aromatic heterocycles. The van der Waals surface area contributed by atoms with E-state index in [1.165, 1.54) is 12.1 Å². The van der Waals surface area contributed by atoms with E-state index in [0.717, 1.165) is 17.5 Å². The molecule has 3 rings (SSSR count). The SMILES string of the molecule is CCOc1cccc(NC(=O)N2CCc3ccc(F)cc3C2)n1. The summed E-state index contributed by atoms with van der Waals surface area (Å²) < 4.78 is 18.7. The van der Waals surface area contributed by atoms with Crippen LogP contribution in [0.4, 0.5) is 15.0 Å². The Morgan fingerprint density at radius 2 is 2.22 bits per heavy atom. The summed E-state index contributed by atoms with van der Waals surface area (Å²) in [5.74, 6) is 0.624. The van der Waals surface area contributed by atoms with Crippen molar-refractivity contribution in [1.29, 1.82) is 0 Å². The van der Waals surface area contributed by atoms with Crippen molar-refractivity contribution >= 4 is 11.8 Å². The molecule has 1 aromatic carbocycles. The Kier molecular flexibility index (Phi) is 4.41. The maximum absolute atomic E-state index is 13.3. The van der Waals surface area contributed by atoms with Crippen LogP contribution in [0.1, 0.15) is 18.1 Å². The molecule has 1 N–H and O–H groups in total.